The number of rotatable bonds is 4. The zero-order chi connectivity index (χ0) is 14.9. The van der Waals surface area contributed by atoms with Gasteiger partial charge in [-0.1, -0.05) is 17.3 Å². The molecular weight excluding hydrogens is 284 g/mol. The molecule has 6 heteroatoms. The van der Waals surface area contributed by atoms with Crippen molar-refractivity contribution < 1.29 is 18.8 Å². The van der Waals surface area contributed by atoms with E-state index in [2.05, 4.69) is 10.5 Å². The predicted octanol–water partition coefficient (Wildman–Crippen LogP) is 2.12. The Morgan fingerprint density at radius 3 is 2.91 bits per heavy atom. The number of para-hydroxylation sites is 2. The first-order valence-corrected chi connectivity index (χ1v) is 7.43. The molecule has 6 nitrogen and oxygen atoms in total. The number of nitrogens with one attached hydrogen (secondary N) is 1. The van der Waals surface area contributed by atoms with Gasteiger partial charge in [-0.3, -0.25) is 4.79 Å². The maximum Gasteiger partial charge on any atom is 0.273 e. The molecule has 0 radical (unpaired) electrons. The number of hydrogen-bond acceptors (Lipinski definition) is 5. The number of carbonyl (C=O) groups excluding carboxylic acids is 1. The van der Waals surface area contributed by atoms with E-state index < -0.39 is 0 Å². The van der Waals surface area contributed by atoms with E-state index in [4.69, 9.17) is 14.0 Å². The molecule has 114 valence electrons. The lowest BCUT2D eigenvalue weighted by Crippen LogP contribution is -2.40. The van der Waals surface area contributed by atoms with Crippen LogP contribution in [0.25, 0.3) is 0 Å². The molecule has 1 saturated carbocycles. The molecule has 1 aliphatic heterocycles. The Kier molecular flexibility index (Phi) is 3.21. The van der Waals surface area contributed by atoms with E-state index in [1.54, 1.807) is 6.07 Å². The zero-order valence-electron chi connectivity index (χ0n) is 12.0. The number of carbonyl (C=O) groups is 1. The molecule has 1 N–H and O–H groups in total. The summed E-state index contributed by atoms with van der Waals surface area (Å²) in [5.74, 6) is 2.43. The molecule has 1 aromatic carbocycles. The first-order chi connectivity index (χ1) is 10.8. The highest BCUT2D eigenvalue weighted by Crippen LogP contribution is 2.40. The highest BCUT2D eigenvalue weighted by atomic mass is 16.6. The molecule has 1 atom stereocenters. The Morgan fingerprint density at radius 2 is 2.09 bits per heavy atom. The minimum absolute atomic E-state index is 0.214. The topological polar surface area (TPSA) is 73.6 Å². The molecule has 22 heavy (non-hydrogen) atoms. The average molecular weight is 300 g/mol. The smallest absolute Gasteiger partial charge is 0.273 e. The van der Waals surface area contributed by atoms with Gasteiger partial charge in [0.2, 0.25) is 0 Å². The molecule has 1 aromatic heterocycles. The van der Waals surface area contributed by atoms with Crippen molar-refractivity contribution in [1.82, 2.24) is 10.5 Å². The van der Waals surface area contributed by atoms with Crippen LogP contribution in [0.3, 0.4) is 0 Å². The molecule has 0 spiro atoms. The van der Waals surface area contributed by atoms with Crippen molar-refractivity contribution in [2.24, 2.45) is 0 Å². The van der Waals surface area contributed by atoms with Crippen molar-refractivity contribution in [3.63, 3.8) is 0 Å². The Morgan fingerprint density at radius 1 is 1.27 bits per heavy atom. The van der Waals surface area contributed by atoms with Gasteiger partial charge in [0.05, 0.1) is 6.54 Å². The van der Waals surface area contributed by atoms with Crippen LogP contribution in [0.2, 0.25) is 0 Å². The minimum atomic E-state index is -0.252. The van der Waals surface area contributed by atoms with Crippen LogP contribution in [0.15, 0.2) is 34.9 Å². The summed E-state index contributed by atoms with van der Waals surface area (Å²) in [5, 5.41) is 6.62. The second kappa shape index (κ2) is 5.36. The second-order valence-corrected chi connectivity index (χ2v) is 5.60. The van der Waals surface area contributed by atoms with E-state index in [0.717, 1.165) is 24.4 Å². The van der Waals surface area contributed by atoms with Gasteiger partial charge in [-0.15, -0.1) is 0 Å². The van der Waals surface area contributed by atoms with Crippen molar-refractivity contribution in [2.75, 3.05) is 13.2 Å². The Hall–Kier alpha value is -2.50. The van der Waals surface area contributed by atoms with Crippen LogP contribution in [0.4, 0.5) is 0 Å². The summed E-state index contributed by atoms with van der Waals surface area (Å²) in [5.41, 5.74) is 0.319. The third-order valence-corrected chi connectivity index (χ3v) is 3.80. The number of amides is 1. The molecule has 0 bridgehead atoms. The van der Waals surface area contributed by atoms with Gasteiger partial charge in [-0.05, 0) is 25.0 Å². The summed E-state index contributed by atoms with van der Waals surface area (Å²) < 4.78 is 16.6. The summed E-state index contributed by atoms with van der Waals surface area (Å²) in [6, 6.07) is 9.21. The fourth-order valence-corrected chi connectivity index (χ4v) is 2.42. The standard InChI is InChI=1S/C16H16N2O4/c19-16(12-7-15(22-18-12)10-5-6-10)17-8-11-9-20-13-3-1-2-4-14(13)21-11/h1-4,7,10-11H,5-6,8-9H2,(H,17,19)/t11-/m0/s1. The Bertz CT molecular complexity index is 693. The summed E-state index contributed by atoms with van der Waals surface area (Å²) in [6.07, 6.45) is 2.01. The van der Waals surface area contributed by atoms with Crippen LogP contribution in [0, 0.1) is 0 Å². The first kappa shape index (κ1) is 13.2. The van der Waals surface area contributed by atoms with Crippen LogP contribution in [-0.4, -0.2) is 30.3 Å². The molecule has 0 saturated heterocycles. The van der Waals surface area contributed by atoms with E-state index in [0.29, 0.717) is 30.5 Å². The molecule has 0 unspecified atom stereocenters. The number of benzene rings is 1. The van der Waals surface area contributed by atoms with Gasteiger partial charge in [0.1, 0.15) is 18.5 Å². The second-order valence-electron chi connectivity index (χ2n) is 5.60. The van der Waals surface area contributed by atoms with Gasteiger partial charge in [-0.25, -0.2) is 0 Å². The van der Waals surface area contributed by atoms with E-state index >= 15 is 0 Å². The van der Waals surface area contributed by atoms with Gasteiger partial charge in [0.15, 0.2) is 17.2 Å². The molecule has 2 aliphatic rings. The van der Waals surface area contributed by atoms with Crippen molar-refractivity contribution in [3.8, 4) is 11.5 Å². The monoisotopic (exact) mass is 300 g/mol. The molecule has 4 rings (SSSR count). The molecule has 1 aliphatic carbocycles. The summed E-state index contributed by atoms with van der Waals surface area (Å²) in [7, 11) is 0. The van der Waals surface area contributed by atoms with E-state index in [9.17, 15) is 4.79 Å². The number of ether oxygens (including phenoxy) is 2. The Balaban J connectivity index is 1.33. The van der Waals surface area contributed by atoms with Gasteiger partial charge in [0.25, 0.3) is 5.91 Å². The number of hydrogen-bond donors (Lipinski definition) is 1. The predicted molar refractivity (Wildman–Crippen MR) is 77.2 cm³/mol. The molecule has 2 heterocycles. The molecule has 1 amide bonds. The lowest BCUT2D eigenvalue weighted by atomic mass is 10.2. The van der Waals surface area contributed by atoms with Crippen LogP contribution in [-0.2, 0) is 0 Å². The highest BCUT2D eigenvalue weighted by Gasteiger charge is 2.29. The van der Waals surface area contributed by atoms with Crippen LogP contribution < -0.4 is 14.8 Å². The van der Waals surface area contributed by atoms with Gasteiger partial charge >= 0.3 is 0 Å². The third kappa shape index (κ3) is 2.64. The van der Waals surface area contributed by atoms with Crippen molar-refractivity contribution in [2.45, 2.75) is 24.9 Å². The normalized spacial score (nSPS) is 19.7. The van der Waals surface area contributed by atoms with Crippen molar-refractivity contribution in [1.29, 1.82) is 0 Å². The van der Waals surface area contributed by atoms with Crippen LogP contribution in [0.5, 0.6) is 11.5 Å². The number of fused-ring (bicyclic) bond motifs is 1. The lowest BCUT2D eigenvalue weighted by Gasteiger charge is -2.26. The SMILES string of the molecule is O=C(NC[C@H]1COc2ccccc2O1)c1cc(C2CC2)on1. The van der Waals surface area contributed by atoms with E-state index in [1.165, 1.54) is 0 Å². The quantitative estimate of drug-likeness (QED) is 0.936. The Labute approximate surface area is 127 Å². The van der Waals surface area contributed by atoms with Gasteiger partial charge in [-0.2, -0.15) is 0 Å². The zero-order valence-corrected chi connectivity index (χ0v) is 12.0. The largest absolute Gasteiger partial charge is 0.486 e. The van der Waals surface area contributed by atoms with Crippen molar-refractivity contribution >= 4 is 5.91 Å². The highest BCUT2D eigenvalue weighted by molar-refractivity contribution is 5.92. The fourth-order valence-electron chi connectivity index (χ4n) is 2.42. The van der Waals surface area contributed by atoms with E-state index in [1.807, 2.05) is 24.3 Å². The summed E-state index contributed by atoms with van der Waals surface area (Å²) >= 11 is 0. The molecule has 1 fully saturated rings. The lowest BCUT2D eigenvalue weighted by molar-refractivity contribution is 0.0784. The maximum atomic E-state index is 12.1. The van der Waals surface area contributed by atoms with Gasteiger partial charge < -0.3 is 19.3 Å². The van der Waals surface area contributed by atoms with Crippen molar-refractivity contribution in [3.05, 3.63) is 41.8 Å². The van der Waals surface area contributed by atoms with Crippen LogP contribution >= 0.6 is 0 Å². The summed E-state index contributed by atoms with van der Waals surface area (Å²) in [6.45, 7) is 0.766. The summed E-state index contributed by atoms with van der Waals surface area (Å²) in [4.78, 5) is 12.1. The third-order valence-electron chi connectivity index (χ3n) is 3.80. The van der Waals surface area contributed by atoms with E-state index in [-0.39, 0.29) is 12.0 Å². The maximum absolute atomic E-state index is 12.1. The van der Waals surface area contributed by atoms with Crippen LogP contribution in [0.1, 0.15) is 35.0 Å². The number of aromatic nitrogens is 1. The number of nitrogens with zero attached hydrogens (tertiary/aromatic N) is 1. The average Bonchev–Trinajstić information content (AvgIpc) is 3.29. The molecule has 2 aromatic rings. The van der Waals surface area contributed by atoms with Gasteiger partial charge in [0, 0.05) is 12.0 Å². The fraction of sp³-hybridized carbons (Fsp3) is 0.375. The first-order valence-electron chi connectivity index (χ1n) is 7.43. The minimum Gasteiger partial charge on any atom is -0.486 e. The molecular formula is C16H16N2O4.